The molecule has 0 aliphatic heterocycles. The Balaban J connectivity index is 1.53. The van der Waals surface area contributed by atoms with E-state index >= 15 is 0 Å². The first-order valence-corrected chi connectivity index (χ1v) is 8.11. The normalized spacial score (nSPS) is 18.8. The number of hydrogen-bond acceptors (Lipinski definition) is 3. The van der Waals surface area contributed by atoms with E-state index in [1.807, 2.05) is 48.5 Å². The lowest BCUT2D eigenvalue weighted by Gasteiger charge is -2.18. The summed E-state index contributed by atoms with van der Waals surface area (Å²) < 4.78 is 5.30. The number of methoxy groups -OCH3 is 1. The van der Waals surface area contributed by atoms with Crippen molar-refractivity contribution in [1.29, 1.82) is 0 Å². The van der Waals surface area contributed by atoms with Crippen molar-refractivity contribution in [2.75, 3.05) is 13.7 Å². The fraction of sp³-hybridized carbons (Fsp3) is 0.316. The minimum atomic E-state index is -0.581. The van der Waals surface area contributed by atoms with E-state index in [-0.39, 0.29) is 12.1 Å². The Morgan fingerprint density at radius 1 is 1.21 bits per heavy atom. The number of ether oxygens (including phenoxy) is 1. The second-order valence-electron chi connectivity index (χ2n) is 5.91. The van der Waals surface area contributed by atoms with Gasteiger partial charge in [-0.25, -0.2) is 4.79 Å². The van der Waals surface area contributed by atoms with Gasteiger partial charge in [-0.15, -0.1) is 0 Å². The summed E-state index contributed by atoms with van der Waals surface area (Å²) in [6.45, 7) is 0.497. The van der Waals surface area contributed by atoms with Gasteiger partial charge in [-0.05, 0) is 29.2 Å². The molecule has 0 heterocycles. The van der Waals surface area contributed by atoms with Gasteiger partial charge in [0.25, 0.3) is 0 Å². The maximum Gasteiger partial charge on any atom is 0.315 e. The van der Waals surface area contributed by atoms with E-state index < -0.39 is 6.10 Å². The number of aliphatic hydroxyl groups excluding tert-OH is 1. The first kappa shape index (κ1) is 16.3. The number of urea groups is 1. The number of amides is 2. The van der Waals surface area contributed by atoms with Gasteiger partial charge >= 0.3 is 6.03 Å². The Kier molecular flexibility index (Phi) is 5.01. The fourth-order valence-electron chi connectivity index (χ4n) is 3.16. The lowest BCUT2D eigenvalue weighted by molar-refractivity contribution is 0.142. The van der Waals surface area contributed by atoms with Crippen LogP contribution in [0.4, 0.5) is 4.79 Å². The molecule has 0 spiro atoms. The summed E-state index contributed by atoms with van der Waals surface area (Å²) >= 11 is 0. The highest BCUT2D eigenvalue weighted by Crippen LogP contribution is 2.31. The van der Waals surface area contributed by atoms with Crippen LogP contribution in [0.15, 0.2) is 48.5 Å². The molecule has 0 radical (unpaired) electrons. The number of nitrogens with one attached hydrogen (secondary N) is 2. The predicted octanol–water partition coefficient (Wildman–Crippen LogP) is 2.20. The SMILES string of the molecule is COc1ccccc1CCNC(=O)N[C@H]1c2ccccc2C[C@H]1O. The van der Waals surface area contributed by atoms with Crippen LogP contribution in [0.3, 0.4) is 0 Å². The lowest BCUT2D eigenvalue weighted by atomic mass is 10.1. The van der Waals surface area contributed by atoms with Crippen molar-refractivity contribution in [1.82, 2.24) is 10.6 Å². The van der Waals surface area contributed by atoms with Crippen molar-refractivity contribution in [2.24, 2.45) is 0 Å². The highest BCUT2D eigenvalue weighted by molar-refractivity contribution is 5.74. The predicted molar refractivity (Wildman–Crippen MR) is 92.1 cm³/mol. The van der Waals surface area contributed by atoms with Gasteiger partial charge in [-0.3, -0.25) is 0 Å². The highest BCUT2D eigenvalue weighted by Gasteiger charge is 2.31. The number of carbonyl (C=O) groups excluding carboxylic acids is 1. The molecule has 2 amide bonds. The Hall–Kier alpha value is -2.53. The second kappa shape index (κ2) is 7.36. The number of carbonyl (C=O) groups is 1. The minimum absolute atomic E-state index is 0.273. The molecule has 3 N–H and O–H groups in total. The zero-order valence-electron chi connectivity index (χ0n) is 13.7. The molecule has 1 aliphatic carbocycles. The number of aliphatic hydroxyl groups is 1. The standard InChI is InChI=1S/C19H22N2O3/c1-24-17-9-5-3-6-13(17)10-11-20-19(23)21-18-15-8-4-2-7-14(15)12-16(18)22/h2-9,16,18,22H,10-12H2,1H3,(H2,20,21,23)/t16-,18+/m1/s1. The summed E-state index contributed by atoms with van der Waals surface area (Å²) in [7, 11) is 1.64. The van der Waals surface area contributed by atoms with Crippen LogP contribution in [0.2, 0.25) is 0 Å². The largest absolute Gasteiger partial charge is 0.496 e. The third-order valence-corrected chi connectivity index (χ3v) is 4.36. The molecule has 0 unspecified atom stereocenters. The van der Waals surface area contributed by atoms with Crippen molar-refractivity contribution in [3.05, 3.63) is 65.2 Å². The monoisotopic (exact) mass is 326 g/mol. The quantitative estimate of drug-likeness (QED) is 0.789. The molecule has 126 valence electrons. The number of para-hydroxylation sites is 1. The van der Waals surface area contributed by atoms with E-state index in [1.54, 1.807) is 7.11 Å². The zero-order valence-corrected chi connectivity index (χ0v) is 13.7. The number of benzene rings is 2. The smallest absolute Gasteiger partial charge is 0.315 e. The van der Waals surface area contributed by atoms with E-state index in [2.05, 4.69) is 10.6 Å². The number of fused-ring (bicyclic) bond motifs is 1. The first-order valence-electron chi connectivity index (χ1n) is 8.11. The van der Waals surface area contributed by atoms with Crippen LogP contribution in [0.5, 0.6) is 5.75 Å². The Bertz CT molecular complexity index is 717. The van der Waals surface area contributed by atoms with Gasteiger partial charge in [0.15, 0.2) is 0 Å². The molecule has 0 saturated heterocycles. The summed E-state index contributed by atoms with van der Waals surface area (Å²) in [5.41, 5.74) is 3.13. The summed E-state index contributed by atoms with van der Waals surface area (Å²) in [5.74, 6) is 0.819. The van der Waals surface area contributed by atoms with Crippen LogP contribution < -0.4 is 15.4 Å². The molecule has 1 aliphatic rings. The van der Waals surface area contributed by atoms with Crippen molar-refractivity contribution < 1.29 is 14.6 Å². The lowest BCUT2D eigenvalue weighted by Crippen LogP contribution is -2.41. The summed E-state index contributed by atoms with van der Waals surface area (Å²) in [4.78, 5) is 12.1. The second-order valence-corrected chi connectivity index (χ2v) is 5.91. The Morgan fingerprint density at radius 2 is 1.96 bits per heavy atom. The topological polar surface area (TPSA) is 70.6 Å². The van der Waals surface area contributed by atoms with Crippen LogP contribution in [0.1, 0.15) is 22.7 Å². The zero-order chi connectivity index (χ0) is 16.9. The Morgan fingerprint density at radius 3 is 2.79 bits per heavy atom. The van der Waals surface area contributed by atoms with Crippen LogP contribution in [0.25, 0.3) is 0 Å². The maximum atomic E-state index is 12.1. The first-order chi connectivity index (χ1) is 11.7. The molecule has 2 aromatic rings. The van der Waals surface area contributed by atoms with Gasteiger partial charge in [0.2, 0.25) is 0 Å². The van der Waals surface area contributed by atoms with Crippen molar-refractivity contribution in [3.63, 3.8) is 0 Å². The molecule has 0 bridgehead atoms. The number of hydrogen-bond donors (Lipinski definition) is 3. The van der Waals surface area contributed by atoms with Gasteiger partial charge in [-0.2, -0.15) is 0 Å². The van der Waals surface area contributed by atoms with Gasteiger partial charge in [0.1, 0.15) is 5.75 Å². The maximum absolute atomic E-state index is 12.1. The van der Waals surface area contributed by atoms with Crippen LogP contribution >= 0.6 is 0 Å². The molecule has 5 heteroatoms. The molecule has 0 saturated carbocycles. The minimum Gasteiger partial charge on any atom is -0.496 e. The van der Waals surface area contributed by atoms with E-state index in [0.29, 0.717) is 19.4 Å². The highest BCUT2D eigenvalue weighted by atomic mass is 16.5. The van der Waals surface area contributed by atoms with Crippen LogP contribution in [0, 0.1) is 0 Å². The van der Waals surface area contributed by atoms with Gasteiger partial charge in [0, 0.05) is 13.0 Å². The van der Waals surface area contributed by atoms with Gasteiger partial charge < -0.3 is 20.5 Å². The average Bonchev–Trinajstić information content (AvgIpc) is 2.91. The van der Waals surface area contributed by atoms with Gasteiger partial charge in [-0.1, -0.05) is 42.5 Å². The summed E-state index contributed by atoms with van der Waals surface area (Å²) in [6, 6.07) is 14.9. The Labute approximate surface area is 141 Å². The summed E-state index contributed by atoms with van der Waals surface area (Å²) in [6.07, 6.45) is 0.672. The molecule has 24 heavy (non-hydrogen) atoms. The van der Waals surface area contributed by atoms with Gasteiger partial charge in [0.05, 0.1) is 19.3 Å². The van der Waals surface area contributed by atoms with E-state index in [0.717, 1.165) is 22.4 Å². The van der Waals surface area contributed by atoms with Crippen LogP contribution in [-0.2, 0) is 12.8 Å². The average molecular weight is 326 g/mol. The van der Waals surface area contributed by atoms with Crippen molar-refractivity contribution >= 4 is 6.03 Å². The molecule has 0 fully saturated rings. The number of rotatable bonds is 5. The third kappa shape index (κ3) is 3.51. The molecule has 5 nitrogen and oxygen atoms in total. The molecular weight excluding hydrogens is 304 g/mol. The molecule has 3 rings (SSSR count). The molecule has 0 aromatic heterocycles. The molecule has 2 atom stereocenters. The van der Waals surface area contributed by atoms with E-state index in [9.17, 15) is 9.90 Å². The van der Waals surface area contributed by atoms with Crippen molar-refractivity contribution in [2.45, 2.75) is 25.0 Å². The molecule has 2 aromatic carbocycles. The van der Waals surface area contributed by atoms with Crippen LogP contribution in [-0.4, -0.2) is 30.9 Å². The van der Waals surface area contributed by atoms with E-state index in [4.69, 9.17) is 4.74 Å². The molecular formula is C19H22N2O3. The van der Waals surface area contributed by atoms with E-state index in [1.165, 1.54) is 0 Å². The summed E-state index contributed by atoms with van der Waals surface area (Å²) in [5, 5.41) is 15.9. The fourth-order valence-corrected chi connectivity index (χ4v) is 3.16. The van der Waals surface area contributed by atoms with Crippen molar-refractivity contribution in [3.8, 4) is 5.75 Å². The third-order valence-electron chi connectivity index (χ3n) is 4.36.